The number of rotatable bonds is 1. The normalized spacial score (nSPS) is 13.3. The van der Waals surface area contributed by atoms with Crippen LogP contribution in [0.2, 0.25) is 5.02 Å². The highest BCUT2D eigenvalue weighted by molar-refractivity contribution is 6.31. The first kappa shape index (κ1) is 21.0. The number of hydrogen-bond donors (Lipinski definition) is 1. The van der Waals surface area contributed by atoms with Crippen LogP contribution in [0, 0.1) is 0 Å². The lowest BCUT2D eigenvalue weighted by Gasteiger charge is -2.12. The van der Waals surface area contributed by atoms with Crippen LogP contribution in [0.15, 0.2) is 24.3 Å². The zero-order chi connectivity index (χ0) is 21.9. The minimum absolute atomic E-state index is 0.242. The molecule has 156 valence electrons. The predicted octanol–water partition coefficient (Wildman–Crippen LogP) is 5.71. The molecule has 0 aliphatic heterocycles. The van der Waals surface area contributed by atoms with Gasteiger partial charge in [-0.2, -0.15) is 39.5 Å². The van der Waals surface area contributed by atoms with E-state index >= 15 is 0 Å². The van der Waals surface area contributed by atoms with Crippen LogP contribution in [0.25, 0.3) is 16.7 Å². The van der Waals surface area contributed by atoms with Crippen LogP contribution in [0.5, 0.6) is 0 Å². The van der Waals surface area contributed by atoms with Crippen LogP contribution < -0.4 is 5.73 Å². The fraction of sp³-hybridized carbons (Fsp3) is 0.200. The third-order valence-corrected chi connectivity index (χ3v) is 4.10. The molecule has 2 N–H and O–H groups in total. The molecular weight excluding hydrogens is 443 g/mol. The molecule has 14 heteroatoms. The quantitative estimate of drug-likeness (QED) is 0.485. The monoisotopic (exact) mass is 448 g/mol. The van der Waals surface area contributed by atoms with Gasteiger partial charge in [0.05, 0.1) is 27.2 Å². The maximum atomic E-state index is 13.3. The Bertz CT molecular complexity index is 1100. The summed E-state index contributed by atoms with van der Waals surface area (Å²) in [5, 5.41) is 1.77. The Hall–Kier alpha value is -2.70. The number of nitrogens with zero attached hydrogens (tertiary/aromatic N) is 3. The van der Waals surface area contributed by atoms with Crippen LogP contribution >= 0.6 is 11.6 Å². The molecule has 0 amide bonds. The number of anilines is 1. The molecule has 0 aliphatic carbocycles. The van der Waals surface area contributed by atoms with E-state index in [-0.39, 0.29) is 6.07 Å². The Morgan fingerprint density at radius 3 is 1.93 bits per heavy atom. The van der Waals surface area contributed by atoms with Crippen molar-refractivity contribution in [2.45, 2.75) is 18.5 Å². The molecule has 2 aromatic heterocycles. The number of hydrogen-bond acceptors (Lipinski definition) is 3. The molecule has 0 radical (unpaired) electrons. The van der Waals surface area contributed by atoms with Crippen molar-refractivity contribution < 1.29 is 39.5 Å². The van der Waals surface area contributed by atoms with Crippen molar-refractivity contribution in [3.05, 3.63) is 46.1 Å². The molecule has 0 unspecified atom stereocenters. The molecule has 2 heterocycles. The summed E-state index contributed by atoms with van der Waals surface area (Å²) in [6, 6.07) is 1.96. The van der Waals surface area contributed by atoms with Crippen molar-refractivity contribution in [2.75, 3.05) is 5.73 Å². The summed E-state index contributed by atoms with van der Waals surface area (Å²) in [5.74, 6) is -0.844. The SMILES string of the molecule is Nc1c2c(C(F)(F)F)cc(C(F)(F)F)nc2nn1-c1ccc(Cl)c(C(F)(F)F)c1. The van der Waals surface area contributed by atoms with Crippen LogP contribution in [0.4, 0.5) is 45.3 Å². The van der Waals surface area contributed by atoms with E-state index in [2.05, 4.69) is 10.1 Å². The fourth-order valence-electron chi connectivity index (χ4n) is 2.54. The van der Waals surface area contributed by atoms with Crippen molar-refractivity contribution in [1.29, 1.82) is 0 Å². The van der Waals surface area contributed by atoms with Gasteiger partial charge in [-0.25, -0.2) is 9.67 Å². The average Bonchev–Trinajstić information content (AvgIpc) is 2.89. The molecule has 0 saturated carbocycles. The zero-order valence-electron chi connectivity index (χ0n) is 13.5. The van der Waals surface area contributed by atoms with Gasteiger partial charge in [-0.05, 0) is 24.3 Å². The summed E-state index contributed by atoms with van der Waals surface area (Å²) >= 11 is 5.48. The van der Waals surface area contributed by atoms with Gasteiger partial charge in [-0.1, -0.05) is 11.6 Å². The largest absolute Gasteiger partial charge is 0.433 e. The van der Waals surface area contributed by atoms with Gasteiger partial charge in [-0.3, -0.25) is 0 Å². The van der Waals surface area contributed by atoms with E-state index in [1.165, 1.54) is 0 Å². The summed E-state index contributed by atoms with van der Waals surface area (Å²) in [6.45, 7) is 0. The van der Waals surface area contributed by atoms with Gasteiger partial charge in [0.25, 0.3) is 0 Å². The average molecular weight is 449 g/mol. The lowest BCUT2D eigenvalue weighted by Crippen LogP contribution is -2.13. The van der Waals surface area contributed by atoms with E-state index in [9.17, 15) is 39.5 Å². The minimum Gasteiger partial charge on any atom is -0.383 e. The van der Waals surface area contributed by atoms with Gasteiger partial charge < -0.3 is 5.73 Å². The maximum absolute atomic E-state index is 13.3. The minimum atomic E-state index is -5.26. The first-order chi connectivity index (χ1) is 13.1. The standard InChI is InChI=1S/C15H6ClF9N4/c16-8-2-1-5(3-6(8)13(17,18)19)29-11(26)10-7(14(20,21)22)4-9(15(23,24)25)27-12(10)28-29/h1-4H,26H2. The Morgan fingerprint density at radius 1 is 0.828 bits per heavy atom. The third kappa shape index (κ3) is 3.78. The number of nitrogen functional groups attached to an aromatic ring is 1. The summed E-state index contributed by atoms with van der Waals surface area (Å²) in [7, 11) is 0. The topological polar surface area (TPSA) is 56.7 Å². The lowest BCUT2D eigenvalue weighted by atomic mass is 10.1. The molecule has 0 bridgehead atoms. The number of benzene rings is 1. The Balaban J connectivity index is 2.34. The summed E-state index contributed by atoms with van der Waals surface area (Å²) in [5.41, 5.74) is -0.910. The number of alkyl halides is 9. The van der Waals surface area contributed by atoms with E-state index in [0.29, 0.717) is 10.7 Å². The van der Waals surface area contributed by atoms with Crippen molar-refractivity contribution in [3.63, 3.8) is 0 Å². The first-order valence-corrected chi connectivity index (χ1v) is 7.69. The van der Waals surface area contributed by atoms with E-state index < -0.39 is 62.9 Å². The molecule has 3 rings (SSSR count). The van der Waals surface area contributed by atoms with E-state index in [0.717, 1.165) is 12.1 Å². The second-order valence-electron chi connectivity index (χ2n) is 5.71. The molecule has 0 fully saturated rings. The second kappa shape index (κ2) is 6.40. The summed E-state index contributed by atoms with van der Waals surface area (Å²) in [4.78, 5) is 3.03. The molecule has 0 spiro atoms. The van der Waals surface area contributed by atoms with Crippen LogP contribution in [0.3, 0.4) is 0 Å². The molecule has 4 nitrogen and oxygen atoms in total. The highest BCUT2D eigenvalue weighted by atomic mass is 35.5. The highest BCUT2D eigenvalue weighted by Gasteiger charge is 2.41. The molecule has 0 aliphatic rings. The Morgan fingerprint density at radius 2 is 1.41 bits per heavy atom. The molecule has 29 heavy (non-hydrogen) atoms. The van der Waals surface area contributed by atoms with Crippen molar-refractivity contribution in [1.82, 2.24) is 14.8 Å². The third-order valence-electron chi connectivity index (χ3n) is 3.78. The second-order valence-corrected chi connectivity index (χ2v) is 6.12. The van der Waals surface area contributed by atoms with E-state index in [1.807, 2.05) is 0 Å². The number of aromatic nitrogens is 3. The Labute approximate surface area is 159 Å². The number of halogens is 10. The molecule has 0 atom stereocenters. The smallest absolute Gasteiger partial charge is 0.383 e. The number of fused-ring (bicyclic) bond motifs is 1. The molecule has 1 aromatic carbocycles. The zero-order valence-corrected chi connectivity index (χ0v) is 14.3. The van der Waals surface area contributed by atoms with Gasteiger partial charge in [0.1, 0.15) is 11.5 Å². The molecule has 3 aromatic rings. The van der Waals surface area contributed by atoms with Gasteiger partial charge in [0, 0.05) is 0 Å². The van der Waals surface area contributed by atoms with Crippen LogP contribution in [-0.4, -0.2) is 14.8 Å². The predicted molar refractivity (Wildman–Crippen MR) is 83.3 cm³/mol. The van der Waals surface area contributed by atoms with E-state index in [4.69, 9.17) is 17.3 Å². The van der Waals surface area contributed by atoms with Crippen molar-refractivity contribution in [3.8, 4) is 5.69 Å². The lowest BCUT2D eigenvalue weighted by molar-refractivity contribution is -0.144. The Kier molecular flexibility index (Phi) is 4.64. The van der Waals surface area contributed by atoms with Crippen LogP contribution in [0.1, 0.15) is 16.8 Å². The number of nitrogens with two attached hydrogens (primary N) is 1. The molecule has 0 saturated heterocycles. The number of pyridine rings is 1. The summed E-state index contributed by atoms with van der Waals surface area (Å²) in [6.07, 6.45) is -15.4. The van der Waals surface area contributed by atoms with Gasteiger partial charge >= 0.3 is 18.5 Å². The van der Waals surface area contributed by atoms with Gasteiger partial charge in [-0.15, -0.1) is 5.10 Å². The molecular formula is C15H6ClF9N4. The van der Waals surface area contributed by atoms with Crippen molar-refractivity contribution in [2.24, 2.45) is 0 Å². The maximum Gasteiger partial charge on any atom is 0.433 e. The fourth-order valence-corrected chi connectivity index (χ4v) is 2.76. The highest BCUT2D eigenvalue weighted by Crippen LogP contribution is 2.41. The van der Waals surface area contributed by atoms with Crippen molar-refractivity contribution >= 4 is 28.5 Å². The van der Waals surface area contributed by atoms with Gasteiger partial charge in [0.2, 0.25) is 0 Å². The first-order valence-electron chi connectivity index (χ1n) is 7.31. The van der Waals surface area contributed by atoms with E-state index in [1.54, 1.807) is 0 Å². The van der Waals surface area contributed by atoms with Crippen LogP contribution in [-0.2, 0) is 18.5 Å². The summed E-state index contributed by atoms with van der Waals surface area (Å²) < 4.78 is 118. The van der Waals surface area contributed by atoms with Gasteiger partial charge in [0.15, 0.2) is 5.65 Å².